The minimum absolute atomic E-state index is 0.0468. The van der Waals surface area contributed by atoms with Crippen molar-refractivity contribution in [3.8, 4) is 17.1 Å². The number of non-ortho nitro benzene ring substituents is 1. The molecule has 9 heteroatoms. The van der Waals surface area contributed by atoms with Gasteiger partial charge in [-0.3, -0.25) is 24.6 Å². The van der Waals surface area contributed by atoms with Gasteiger partial charge >= 0.3 is 0 Å². The van der Waals surface area contributed by atoms with Gasteiger partial charge in [-0.2, -0.15) is 0 Å². The fraction of sp³-hybridized carbons (Fsp3) is 0.130. The van der Waals surface area contributed by atoms with Gasteiger partial charge in [0.15, 0.2) is 0 Å². The van der Waals surface area contributed by atoms with E-state index in [1.165, 1.54) is 18.2 Å². The van der Waals surface area contributed by atoms with E-state index in [4.69, 9.17) is 9.15 Å². The Bertz CT molecular complexity index is 1230. The summed E-state index contributed by atoms with van der Waals surface area (Å²) in [6, 6.07) is 16.9. The first-order valence-electron chi connectivity index (χ1n) is 9.70. The molecule has 0 bridgehead atoms. The molecular formula is C23H18N2O6S. The van der Waals surface area contributed by atoms with Crippen LogP contribution < -0.4 is 4.74 Å². The molecule has 162 valence electrons. The number of hydrogen-bond acceptors (Lipinski definition) is 7. The smallest absolute Gasteiger partial charge is 0.293 e. The molecule has 1 aromatic heterocycles. The standard InChI is InChI=1S/C23H18N2O6S/c1-15-4-2-7-18(12-15)30-11-10-24-22(26)21(32-23(24)27)14-19-8-9-20(31-19)16-5-3-6-17(13-16)25(28)29/h2-9,12-14H,10-11H2,1H3/b21-14-. The second-order valence-electron chi connectivity index (χ2n) is 7.01. The first kappa shape index (κ1) is 21.4. The molecule has 0 radical (unpaired) electrons. The van der Waals surface area contributed by atoms with Crippen LogP contribution in [-0.4, -0.2) is 34.1 Å². The molecule has 3 aromatic rings. The summed E-state index contributed by atoms with van der Waals surface area (Å²) in [5.41, 5.74) is 1.55. The Balaban J connectivity index is 1.43. The molecule has 1 aliphatic heterocycles. The van der Waals surface area contributed by atoms with E-state index < -0.39 is 10.8 Å². The van der Waals surface area contributed by atoms with Gasteiger partial charge in [0.05, 0.1) is 16.4 Å². The van der Waals surface area contributed by atoms with E-state index in [0.717, 1.165) is 22.2 Å². The highest BCUT2D eigenvalue weighted by Gasteiger charge is 2.35. The van der Waals surface area contributed by atoms with E-state index in [1.807, 2.05) is 31.2 Å². The van der Waals surface area contributed by atoms with Crippen LogP contribution in [0.2, 0.25) is 0 Å². The molecule has 0 spiro atoms. The second-order valence-corrected chi connectivity index (χ2v) is 8.00. The predicted octanol–water partition coefficient (Wildman–Crippen LogP) is 5.28. The lowest BCUT2D eigenvalue weighted by molar-refractivity contribution is -0.384. The maximum atomic E-state index is 12.7. The quantitative estimate of drug-likeness (QED) is 0.274. The van der Waals surface area contributed by atoms with Crippen LogP contribution in [0.1, 0.15) is 11.3 Å². The van der Waals surface area contributed by atoms with Gasteiger partial charge in [-0.1, -0.05) is 24.3 Å². The number of nitro groups is 1. The Hall–Kier alpha value is -3.85. The Labute approximate surface area is 187 Å². The SMILES string of the molecule is Cc1cccc(OCCN2C(=O)S/C(=C\c3ccc(-c4cccc([N+](=O)[O-])c4)o3)C2=O)c1. The van der Waals surface area contributed by atoms with Gasteiger partial charge < -0.3 is 9.15 Å². The summed E-state index contributed by atoms with van der Waals surface area (Å²) in [5.74, 6) is 1.05. The van der Waals surface area contributed by atoms with E-state index in [0.29, 0.717) is 22.8 Å². The number of rotatable bonds is 7. The number of hydrogen-bond donors (Lipinski definition) is 0. The zero-order chi connectivity index (χ0) is 22.7. The van der Waals surface area contributed by atoms with Crippen LogP contribution in [0.3, 0.4) is 0 Å². The van der Waals surface area contributed by atoms with Crippen molar-refractivity contribution in [2.24, 2.45) is 0 Å². The number of carbonyl (C=O) groups excluding carboxylic acids is 2. The minimum atomic E-state index is -0.480. The zero-order valence-electron chi connectivity index (χ0n) is 17.0. The fourth-order valence-corrected chi connectivity index (χ4v) is 3.99. The van der Waals surface area contributed by atoms with Gasteiger partial charge in [-0.15, -0.1) is 0 Å². The van der Waals surface area contributed by atoms with Crippen LogP contribution in [0.4, 0.5) is 10.5 Å². The number of nitro benzene ring substituents is 1. The van der Waals surface area contributed by atoms with Crippen LogP contribution in [0.25, 0.3) is 17.4 Å². The molecule has 0 aliphatic carbocycles. The predicted molar refractivity (Wildman–Crippen MR) is 120 cm³/mol. The maximum Gasteiger partial charge on any atom is 0.293 e. The first-order valence-corrected chi connectivity index (χ1v) is 10.5. The third-order valence-electron chi connectivity index (χ3n) is 4.69. The van der Waals surface area contributed by atoms with Crippen molar-refractivity contribution >= 4 is 34.7 Å². The Morgan fingerprint density at radius 2 is 1.94 bits per heavy atom. The fourth-order valence-electron chi connectivity index (χ4n) is 3.14. The Kier molecular flexibility index (Phi) is 6.09. The maximum absolute atomic E-state index is 12.7. The average molecular weight is 450 g/mol. The van der Waals surface area contributed by atoms with Gasteiger partial charge in [0, 0.05) is 23.8 Å². The number of ether oxygens (including phenoxy) is 1. The van der Waals surface area contributed by atoms with Crippen LogP contribution >= 0.6 is 11.8 Å². The number of nitrogens with zero attached hydrogens (tertiary/aromatic N) is 2. The summed E-state index contributed by atoms with van der Waals surface area (Å²) in [6.45, 7) is 2.27. The van der Waals surface area contributed by atoms with Crippen molar-refractivity contribution in [1.29, 1.82) is 0 Å². The molecule has 1 saturated heterocycles. The molecule has 1 aliphatic rings. The van der Waals surface area contributed by atoms with E-state index in [1.54, 1.807) is 24.3 Å². The molecular weight excluding hydrogens is 432 g/mol. The average Bonchev–Trinajstić information content (AvgIpc) is 3.34. The molecule has 2 amide bonds. The largest absolute Gasteiger partial charge is 0.492 e. The number of thioether (sulfide) groups is 1. The zero-order valence-corrected chi connectivity index (χ0v) is 17.8. The molecule has 0 N–H and O–H groups in total. The highest BCUT2D eigenvalue weighted by molar-refractivity contribution is 8.18. The molecule has 1 fully saturated rings. The molecule has 0 unspecified atom stereocenters. The first-order chi connectivity index (χ1) is 15.4. The molecule has 0 atom stereocenters. The van der Waals surface area contributed by atoms with Gasteiger partial charge in [0.1, 0.15) is 23.9 Å². The van der Waals surface area contributed by atoms with E-state index in [9.17, 15) is 19.7 Å². The normalized spacial score (nSPS) is 14.9. The summed E-state index contributed by atoms with van der Waals surface area (Å²) in [6.07, 6.45) is 1.49. The van der Waals surface area contributed by atoms with Gasteiger partial charge in [0.2, 0.25) is 0 Å². The summed E-state index contributed by atoms with van der Waals surface area (Å²) >= 11 is 0.830. The van der Waals surface area contributed by atoms with Gasteiger partial charge in [-0.25, -0.2) is 0 Å². The van der Waals surface area contributed by atoms with Crippen molar-refractivity contribution < 1.29 is 23.7 Å². The summed E-state index contributed by atoms with van der Waals surface area (Å²) in [4.78, 5) is 36.8. The third-order valence-corrected chi connectivity index (χ3v) is 5.60. The number of furan rings is 1. The van der Waals surface area contributed by atoms with Crippen molar-refractivity contribution in [2.45, 2.75) is 6.92 Å². The number of amides is 2. The molecule has 32 heavy (non-hydrogen) atoms. The number of imide groups is 1. The van der Waals surface area contributed by atoms with Crippen molar-refractivity contribution in [2.75, 3.05) is 13.2 Å². The summed E-state index contributed by atoms with van der Waals surface area (Å²) in [7, 11) is 0. The molecule has 8 nitrogen and oxygen atoms in total. The van der Waals surface area contributed by atoms with E-state index in [-0.39, 0.29) is 29.0 Å². The highest BCUT2D eigenvalue weighted by atomic mass is 32.2. The van der Waals surface area contributed by atoms with Crippen molar-refractivity contribution in [3.05, 3.63) is 87.0 Å². The molecule has 2 aromatic carbocycles. The monoisotopic (exact) mass is 450 g/mol. The van der Waals surface area contributed by atoms with Crippen LogP contribution in [0.5, 0.6) is 5.75 Å². The second kappa shape index (κ2) is 9.11. The minimum Gasteiger partial charge on any atom is -0.492 e. The van der Waals surface area contributed by atoms with Crippen molar-refractivity contribution in [1.82, 2.24) is 4.90 Å². The lowest BCUT2D eigenvalue weighted by atomic mass is 10.1. The Morgan fingerprint density at radius 3 is 2.72 bits per heavy atom. The lowest BCUT2D eigenvalue weighted by Crippen LogP contribution is -2.32. The molecule has 2 heterocycles. The number of benzene rings is 2. The topological polar surface area (TPSA) is 103 Å². The van der Waals surface area contributed by atoms with Gasteiger partial charge in [-0.05, 0) is 48.5 Å². The third kappa shape index (κ3) is 4.73. The summed E-state index contributed by atoms with van der Waals surface area (Å²) in [5, 5.41) is 10.6. The van der Waals surface area contributed by atoms with E-state index in [2.05, 4.69) is 0 Å². The van der Waals surface area contributed by atoms with Crippen molar-refractivity contribution in [3.63, 3.8) is 0 Å². The van der Waals surface area contributed by atoms with Crippen LogP contribution in [0, 0.1) is 17.0 Å². The van der Waals surface area contributed by atoms with Crippen LogP contribution in [0.15, 0.2) is 70.0 Å². The van der Waals surface area contributed by atoms with E-state index >= 15 is 0 Å². The number of carbonyl (C=O) groups is 2. The van der Waals surface area contributed by atoms with Gasteiger partial charge in [0.25, 0.3) is 16.8 Å². The van der Waals surface area contributed by atoms with Crippen LogP contribution in [-0.2, 0) is 4.79 Å². The molecule has 4 rings (SSSR count). The lowest BCUT2D eigenvalue weighted by Gasteiger charge is -2.13. The Morgan fingerprint density at radius 1 is 1.12 bits per heavy atom. The number of aryl methyl sites for hydroxylation is 1. The summed E-state index contributed by atoms with van der Waals surface area (Å²) < 4.78 is 11.4. The molecule has 0 saturated carbocycles. The highest BCUT2D eigenvalue weighted by Crippen LogP contribution is 2.33.